The first-order chi connectivity index (χ1) is 18.3. The molecule has 0 radical (unpaired) electrons. The number of hydrogen-bond acceptors (Lipinski definition) is 9. The number of methoxy groups -OCH3 is 1. The lowest BCUT2D eigenvalue weighted by atomic mass is 10.1. The summed E-state index contributed by atoms with van der Waals surface area (Å²) < 4.78 is 21.6. The van der Waals surface area contributed by atoms with Gasteiger partial charge in [0.25, 0.3) is 5.91 Å². The van der Waals surface area contributed by atoms with Crippen LogP contribution in [-0.2, 0) is 16.4 Å². The second kappa shape index (κ2) is 9.20. The molecule has 0 saturated heterocycles. The first-order valence-corrected chi connectivity index (χ1v) is 14.6. The molecule has 198 valence electrons. The number of carbonyl (C=O) groups excluding carboxylic acids is 2. The molecule has 3 aromatic heterocycles. The Labute approximate surface area is 219 Å². The molecule has 4 N–H and O–H groups in total. The SMILES string of the molecule is COc1c(-c2cc(P(=O)(C3CC3)C3CC3)n(C)n2)ccnc1Nc1cc(NC(=O)C2CC2)nnc1C(N)=O. The number of amides is 2. The minimum absolute atomic E-state index is 0.0270. The summed E-state index contributed by atoms with van der Waals surface area (Å²) in [4.78, 5) is 28.7. The predicted octanol–water partition coefficient (Wildman–Crippen LogP) is 2.78. The number of nitrogens with two attached hydrogens (primary N) is 1. The lowest BCUT2D eigenvalue weighted by molar-refractivity contribution is -0.117. The summed E-state index contributed by atoms with van der Waals surface area (Å²) in [6.45, 7) is 0. The molecule has 3 heterocycles. The zero-order chi connectivity index (χ0) is 26.6. The first-order valence-electron chi connectivity index (χ1n) is 12.7. The lowest BCUT2D eigenvalue weighted by Crippen LogP contribution is -2.20. The number of nitrogens with zero attached hydrogens (tertiary/aromatic N) is 5. The van der Waals surface area contributed by atoms with Gasteiger partial charge >= 0.3 is 0 Å². The van der Waals surface area contributed by atoms with Gasteiger partial charge < -0.3 is 25.7 Å². The van der Waals surface area contributed by atoms with E-state index in [1.165, 1.54) is 13.2 Å². The van der Waals surface area contributed by atoms with Crippen LogP contribution in [0.4, 0.5) is 17.3 Å². The summed E-state index contributed by atoms with van der Waals surface area (Å²) >= 11 is 0. The van der Waals surface area contributed by atoms with E-state index in [0.717, 1.165) is 44.0 Å². The fourth-order valence-corrected chi connectivity index (χ4v) is 8.88. The van der Waals surface area contributed by atoms with Crippen LogP contribution in [0.2, 0.25) is 0 Å². The van der Waals surface area contributed by atoms with Crippen molar-refractivity contribution in [3.05, 3.63) is 30.1 Å². The molecule has 2 amide bonds. The van der Waals surface area contributed by atoms with Gasteiger partial charge in [-0.25, -0.2) is 4.98 Å². The number of primary amides is 1. The molecule has 3 saturated carbocycles. The molecule has 0 atom stereocenters. The van der Waals surface area contributed by atoms with Crippen molar-refractivity contribution in [3.63, 3.8) is 0 Å². The fraction of sp³-hybridized carbons (Fsp3) is 0.440. The summed E-state index contributed by atoms with van der Waals surface area (Å²) in [7, 11) is 0.814. The van der Waals surface area contributed by atoms with E-state index in [9.17, 15) is 14.2 Å². The maximum atomic E-state index is 14.1. The molecule has 12 nitrogen and oxygen atoms in total. The van der Waals surface area contributed by atoms with Gasteiger partial charge in [0.1, 0.15) is 7.14 Å². The average molecular weight is 537 g/mol. The van der Waals surface area contributed by atoms with E-state index in [1.807, 2.05) is 13.1 Å². The molecule has 0 unspecified atom stereocenters. The number of anilines is 3. The van der Waals surface area contributed by atoms with Crippen LogP contribution in [0.1, 0.15) is 49.0 Å². The molecule has 3 fully saturated rings. The van der Waals surface area contributed by atoms with E-state index in [1.54, 1.807) is 16.9 Å². The zero-order valence-corrected chi connectivity index (χ0v) is 22.1. The van der Waals surface area contributed by atoms with Crippen LogP contribution < -0.4 is 26.5 Å². The molecular weight excluding hydrogens is 507 g/mol. The van der Waals surface area contributed by atoms with Crippen LogP contribution in [0, 0.1) is 5.92 Å². The van der Waals surface area contributed by atoms with E-state index in [0.29, 0.717) is 22.8 Å². The van der Waals surface area contributed by atoms with Gasteiger partial charge in [-0.2, -0.15) is 5.10 Å². The molecule has 0 bridgehead atoms. The largest absolute Gasteiger partial charge is 0.492 e. The lowest BCUT2D eigenvalue weighted by Gasteiger charge is -2.17. The summed E-state index contributed by atoms with van der Waals surface area (Å²) in [6.07, 6.45) is 7.29. The Balaban J connectivity index is 1.35. The number of rotatable bonds is 10. The van der Waals surface area contributed by atoms with E-state index < -0.39 is 13.0 Å². The molecule has 3 aliphatic rings. The minimum Gasteiger partial charge on any atom is -0.492 e. The summed E-state index contributed by atoms with van der Waals surface area (Å²) in [5, 5.41) is 18.3. The van der Waals surface area contributed by atoms with Crippen LogP contribution >= 0.6 is 7.14 Å². The number of aryl methyl sites for hydroxylation is 1. The number of pyridine rings is 1. The van der Waals surface area contributed by atoms with Crippen LogP contribution in [0.5, 0.6) is 5.75 Å². The van der Waals surface area contributed by atoms with Gasteiger partial charge in [-0.3, -0.25) is 14.3 Å². The van der Waals surface area contributed by atoms with Gasteiger partial charge in [0.15, 0.2) is 23.1 Å². The maximum absolute atomic E-state index is 14.1. The Bertz CT molecular complexity index is 1480. The number of aromatic nitrogens is 5. The zero-order valence-electron chi connectivity index (χ0n) is 21.2. The van der Waals surface area contributed by atoms with Crippen LogP contribution in [0.3, 0.4) is 0 Å². The molecule has 6 rings (SSSR count). The topological polar surface area (TPSA) is 167 Å². The van der Waals surface area contributed by atoms with Gasteiger partial charge in [-0.05, 0) is 50.7 Å². The molecule has 38 heavy (non-hydrogen) atoms. The third kappa shape index (κ3) is 4.42. The average Bonchev–Trinajstić information content (AvgIpc) is 3.76. The Hall–Kier alpha value is -3.79. The standard InChI is InChI=1S/C25H29N8O4P/c1-33-20(38(36,14-5-6-14)15-7-8-15)12-17(32-33)16-9-10-27-24(22(16)37-2)28-18-11-19(29-25(35)13-3-4-13)30-31-21(18)23(26)34/h9-15H,3-8H2,1-2H3,(H2,26,34)(H2,27,28,29,30,35). The van der Waals surface area contributed by atoms with Crippen molar-refractivity contribution in [3.8, 4) is 17.0 Å². The van der Waals surface area contributed by atoms with E-state index in [-0.39, 0.29) is 40.3 Å². The third-order valence-corrected chi connectivity index (χ3v) is 11.6. The Morgan fingerprint density at radius 2 is 1.82 bits per heavy atom. The smallest absolute Gasteiger partial charge is 0.271 e. The van der Waals surface area contributed by atoms with Crippen molar-refractivity contribution in [2.24, 2.45) is 18.7 Å². The van der Waals surface area contributed by atoms with Crippen molar-refractivity contribution >= 4 is 41.7 Å². The summed E-state index contributed by atoms with van der Waals surface area (Å²) in [5.74, 6) is -0.105. The molecule has 13 heteroatoms. The molecule has 3 aromatic rings. The van der Waals surface area contributed by atoms with E-state index in [4.69, 9.17) is 15.6 Å². The number of nitrogens with one attached hydrogen (secondary N) is 2. The Morgan fingerprint density at radius 1 is 1.11 bits per heavy atom. The van der Waals surface area contributed by atoms with Crippen molar-refractivity contribution < 1.29 is 18.9 Å². The monoisotopic (exact) mass is 536 g/mol. The fourth-order valence-electron chi connectivity index (χ4n) is 4.88. The van der Waals surface area contributed by atoms with Gasteiger partial charge in [0.2, 0.25) is 5.91 Å². The number of ether oxygens (including phenoxy) is 1. The molecular formula is C25H29N8O4P. The normalized spacial score (nSPS) is 17.2. The van der Waals surface area contributed by atoms with E-state index in [2.05, 4.69) is 25.8 Å². The number of hydrogen-bond donors (Lipinski definition) is 3. The molecule has 0 aliphatic heterocycles. The Morgan fingerprint density at radius 3 is 2.42 bits per heavy atom. The van der Waals surface area contributed by atoms with Crippen LogP contribution in [0.25, 0.3) is 11.3 Å². The predicted molar refractivity (Wildman–Crippen MR) is 141 cm³/mol. The third-order valence-electron chi connectivity index (χ3n) is 7.26. The molecule has 0 spiro atoms. The highest BCUT2D eigenvalue weighted by atomic mass is 31.2. The van der Waals surface area contributed by atoms with Crippen LogP contribution in [-0.4, -0.2) is 55.2 Å². The molecule has 3 aliphatic carbocycles. The van der Waals surface area contributed by atoms with Crippen molar-refractivity contribution in [2.75, 3.05) is 17.7 Å². The highest BCUT2D eigenvalue weighted by molar-refractivity contribution is 7.73. The van der Waals surface area contributed by atoms with E-state index >= 15 is 0 Å². The summed E-state index contributed by atoms with van der Waals surface area (Å²) in [6, 6.07) is 5.17. The van der Waals surface area contributed by atoms with Gasteiger partial charge in [-0.1, -0.05) is 0 Å². The van der Waals surface area contributed by atoms with Gasteiger partial charge in [0.05, 0.1) is 23.9 Å². The van der Waals surface area contributed by atoms with Crippen LogP contribution in [0.15, 0.2) is 24.4 Å². The highest BCUT2D eigenvalue weighted by Gasteiger charge is 2.53. The summed E-state index contributed by atoms with van der Waals surface area (Å²) in [5.41, 5.74) is 8.22. The second-order valence-electron chi connectivity index (χ2n) is 10.2. The molecule has 0 aromatic carbocycles. The van der Waals surface area contributed by atoms with Crippen molar-refractivity contribution in [2.45, 2.75) is 49.8 Å². The van der Waals surface area contributed by atoms with Crippen molar-refractivity contribution in [1.29, 1.82) is 0 Å². The maximum Gasteiger partial charge on any atom is 0.271 e. The number of carbonyl (C=O) groups is 2. The first kappa shape index (κ1) is 24.5. The van der Waals surface area contributed by atoms with Crippen molar-refractivity contribution in [1.82, 2.24) is 25.0 Å². The Kier molecular flexibility index (Phi) is 5.94. The minimum atomic E-state index is -2.53. The van der Waals surface area contributed by atoms with Gasteiger partial charge in [0, 0.05) is 42.1 Å². The van der Waals surface area contributed by atoms with Gasteiger partial charge in [-0.15, -0.1) is 10.2 Å². The quantitative estimate of drug-likeness (QED) is 0.330. The highest BCUT2D eigenvalue weighted by Crippen LogP contribution is 2.69. The second-order valence-corrected chi connectivity index (χ2v) is 13.5.